The molecule has 0 aromatic heterocycles. The summed E-state index contributed by atoms with van der Waals surface area (Å²) in [5.41, 5.74) is 6.64. The molecule has 1 amide bonds. The van der Waals surface area contributed by atoms with Crippen LogP contribution in [0.2, 0.25) is 0 Å². The van der Waals surface area contributed by atoms with Crippen molar-refractivity contribution in [2.45, 2.75) is 25.3 Å². The van der Waals surface area contributed by atoms with Crippen molar-refractivity contribution in [3.05, 3.63) is 35.6 Å². The third-order valence-electron chi connectivity index (χ3n) is 3.16. The van der Waals surface area contributed by atoms with E-state index in [0.29, 0.717) is 6.42 Å². The number of carbonyl (C=O) groups excluding carboxylic acids is 1. The minimum absolute atomic E-state index is 0.100. The maximum absolute atomic E-state index is 12.7. The molecule has 4 heteroatoms. The Kier molecular flexibility index (Phi) is 3.74. The number of likely N-dealkylation sites (tertiary alicyclic amines) is 1. The predicted molar refractivity (Wildman–Crippen MR) is 63.9 cm³/mol. The first-order chi connectivity index (χ1) is 8.15. The van der Waals surface area contributed by atoms with Crippen LogP contribution < -0.4 is 5.73 Å². The van der Waals surface area contributed by atoms with Crippen molar-refractivity contribution in [1.29, 1.82) is 0 Å². The van der Waals surface area contributed by atoms with Crippen LogP contribution in [0.1, 0.15) is 18.4 Å². The molecular weight excluding hydrogens is 219 g/mol. The Bertz CT molecular complexity index is 383. The summed E-state index contributed by atoms with van der Waals surface area (Å²) >= 11 is 0. The van der Waals surface area contributed by atoms with Gasteiger partial charge in [-0.1, -0.05) is 12.1 Å². The standard InChI is InChI=1S/C13H17FN2O/c14-11-3-1-10(2-4-11)9-13(17)16-7-5-12(15)6-8-16/h1-4,12H,5-9,15H2. The van der Waals surface area contributed by atoms with Crippen molar-refractivity contribution < 1.29 is 9.18 Å². The molecule has 1 fully saturated rings. The largest absolute Gasteiger partial charge is 0.342 e. The molecule has 2 N–H and O–H groups in total. The topological polar surface area (TPSA) is 46.3 Å². The number of nitrogens with zero attached hydrogens (tertiary/aromatic N) is 1. The molecular formula is C13H17FN2O. The van der Waals surface area contributed by atoms with Gasteiger partial charge in [-0.05, 0) is 30.5 Å². The van der Waals surface area contributed by atoms with Crippen molar-refractivity contribution in [1.82, 2.24) is 4.90 Å². The number of hydrogen-bond acceptors (Lipinski definition) is 2. The van der Waals surface area contributed by atoms with E-state index in [1.807, 2.05) is 4.90 Å². The van der Waals surface area contributed by atoms with E-state index in [1.54, 1.807) is 12.1 Å². The van der Waals surface area contributed by atoms with Crippen molar-refractivity contribution in [3.8, 4) is 0 Å². The molecule has 0 bridgehead atoms. The van der Waals surface area contributed by atoms with Gasteiger partial charge in [0, 0.05) is 19.1 Å². The molecule has 0 saturated carbocycles. The molecule has 2 rings (SSSR count). The van der Waals surface area contributed by atoms with E-state index in [2.05, 4.69) is 0 Å². The van der Waals surface area contributed by atoms with Crippen LogP contribution in [0.5, 0.6) is 0 Å². The predicted octanol–water partition coefficient (Wildman–Crippen LogP) is 1.32. The second-order valence-electron chi connectivity index (χ2n) is 4.52. The number of piperidine rings is 1. The van der Waals surface area contributed by atoms with Crippen LogP contribution in [-0.2, 0) is 11.2 Å². The highest BCUT2D eigenvalue weighted by Gasteiger charge is 2.20. The van der Waals surface area contributed by atoms with E-state index >= 15 is 0 Å². The lowest BCUT2D eigenvalue weighted by Crippen LogP contribution is -2.43. The van der Waals surface area contributed by atoms with Gasteiger partial charge in [-0.15, -0.1) is 0 Å². The first-order valence-corrected chi connectivity index (χ1v) is 5.93. The summed E-state index contributed by atoms with van der Waals surface area (Å²) in [6, 6.07) is 6.31. The van der Waals surface area contributed by atoms with Crippen LogP contribution in [0.15, 0.2) is 24.3 Å². The molecule has 0 atom stereocenters. The van der Waals surface area contributed by atoms with Crippen molar-refractivity contribution >= 4 is 5.91 Å². The Morgan fingerprint density at radius 2 is 1.88 bits per heavy atom. The fourth-order valence-electron chi connectivity index (χ4n) is 2.04. The molecule has 0 aliphatic carbocycles. The van der Waals surface area contributed by atoms with Crippen molar-refractivity contribution in [2.24, 2.45) is 5.73 Å². The zero-order chi connectivity index (χ0) is 12.3. The van der Waals surface area contributed by atoms with E-state index in [9.17, 15) is 9.18 Å². The number of rotatable bonds is 2. The van der Waals surface area contributed by atoms with Crippen LogP contribution in [-0.4, -0.2) is 29.9 Å². The zero-order valence-corrected chi connectivity index (χ0v) is 9.73. The Hall–Kier alpha value is -1.42. The third kappa shape index (κ3) is 3.27. The molecule has 17 heavy (non-hydrogen) atoms. The second-order valence-corrected chi connectivity index (χ2v) is 4.52. The van der Waals surface area contributed by atoms with Gasteiger partial charge in [-0.2, -0.15) is 0 Å². The molecule has 1 heterocycles. The first kappa shape index (κ1) is 12.0. The fourth-order valence-corrected chi connectivity index (χ4v) is 2.04. The SMILES string of the molecule is NC1CCN(C(=O)Cc2ccc(F)cc2)CC1. The summed E-state index contributed by atoms with van der Waals surface area (Å²) in [5, 5.41) is 0. The summed E-state index contributed by atoms with van der Waals surface area (Å²) in [4.78, 5) is 13.8. The molecule has 0 radical (unpaired) electrons. The maximum atomic E-state index is 12.7. The van der Waals surface area contributed by atoms with Crippen molar-refractivity contribution in [3.63, 3.8) is 0 Å². The van der Waals surface area contributed by atoms with Crippen LogP contribution in [0.25, 0.3) is 0 Å². The lowest BCUT2D eigenvalue weighted by Gasteiger charge is -2.30. The highest BCUT2D eigenvalue weighted by Crippen LogP contribution is 2.11. The van der Waals surface area contributed by atoms with E-state index in [0.717, 1.165) is 31.5 Å². The van der Waals surface area contributed by atoms with Crippen LogP contribution in [0.4, 0.5) is 4.39 Å². The first-order valence-electron chi connectivity index (χ1n) is 5.93. The third-order valence-corrected chi connectivity index (χ3v) is 3.16. The molecule has 3 nitrogen and oxygen atoms in total. The van der Waals surface area contributed by atoms with Gasteiger partial charge in [0.2, 0.25) is 5.91 Å². The number of amides is 1. The monoisotopic (exact) mass is 236 g/mol. The quantitative estimate of drug-likeness (QED) is 0.841. The maximum Gasteiger partial charge on any atom is 0.226 e. The summed E-state index contributed by atoms with van der Waals surface area (Å²) in [7, 11) is 0. The Labute approximate surface area is 100 Å². The minimum Gasteiger partial charge on any atom is -0.342 e. The molecule has 1 saturated heterocycles. The summed E-state index contributed by atoms with van der Waals surface area (Å²) in [6.45, 7) is 1.47. The number of benzene rings is 1. The smallest absolute Gasteiger partial charge is 0.226 e. The number of nitrogens with two attached hydrogens (primary N) is 1. The Balaban J connectivity index is 1.90. The number of halogens is 1. The molecule has 1 aliphatic rings. The van der Waals surface area contributed by atoms with Crippen LogP contribution in [0, 0.1) is 5.82 Å². The molecule has 1 aliphatic heterocycles. The van der Waals surface area contributed by atoms with E-state index in [-0.39, 0.29) is 17.8 Å². The average Bonchev–Trinajstić information content (AvgIpc) is 2.33. The fraction of sp³-hybridized carbons (Fsp3) is 0.462. The van der Waals surface area contributed by atoms with Gasteiger partial charge in [0.05, 0.1) is 6.42 Å². The van der Waals surface area contributed by atoms with Crippen molar-refractivity contribution in [2.75, 3.05) is 13.1 Å². The summed E-state index contributed by atoms with van der Waals surface area (Å²) in [5.74, 6) is -0.173. The summed E-state index contributed by atoms with van der Waals surface area (Å²) < 4.78 is 12.7. The number of hydrogen-bond donors (Lipinski definition) is 1. The average molecular weight is 236 g/mol. The molecule has 1 aromatic carbocycles. The van der Waals surface area contributed by atoms with Crippen LogP contribution >= 0.6 is 0 Å². The van der Waals surface area contributed by atoms with Gasteiger partial charge in [0.25, 0.3) is 0 Å². The van der Waals surface area contributed by atoms with Gasteiger partial charge in [-0.25, -0.2) is 4.39 Å². The van der Waals surface area contributed by atoms with Gasteiger partial charge in [0.1, 0.15) is 5.82 Å². The van der Waals surface area contributed by atoms with E-state index < -0.39 is 0 Å². The lowest BCUT2D eigenvalue weighted by molar-refractivity contribution is -0.131. The van der Waals surface area contributed by atoms with Crippen LogP contribution in [0.3, 0.4) is 0 Å². The minimum atomic E-state index is -0.273. The Morgan fingerprint density at radius 3 is 2.47 bits per heavy atom. The van der Waals surface area contributed by atoms with E-state index in [1.165, 1.54) is 12.1 Å². The van der Waals surface area contributed by atoms with Gasteiger partial charge in [0.15, 0.2) is 0 Å². The Morgan fingerprint density at radius 1 is 1.29 bits per heavy atom. The van der Waals surface area contributed by atoms with Gasteiger partial charge in [-0.3, -0.25) is 4.79 Å². The van der Waals surface area contributed by atoms with Gasteiger partial charge >= 0.3 is 0 Å². The molecule has 92 valence electrons. The molecule has 1 aromatic rings. The second kappa shape index (κ2) is 5.27. The molecule has 0 spiro atoms. The van der Waals surface area contributed by atoms with Gasteiger partial charge < -0.3 is 10.6 Å². The normalized spacial score (nSPS) is 17.2. The summed E-state index contributed by atoms with van der Waals surface area (Å²) in [6.07, 6.45) is 2.08. The highest BCUT2D eigenvalue weighted by atomic mass is 19.1. The zero-order valence-electron chi connectivity index (χ0n) is 9.73. The lowest BCUT2D eigenvalue weighted by atomic mass is 10.0. The molecule has 0 unspecified atom stereocenters. The number of carbonyl (C=O) groups is 1. The van der Waals surface area contributed by atoms with E-state index in [4.69, 9.17) is 5.73 Å². The highest BCUT2D eigenvalue weighted by molar-refractivity contribution is 5.78.